The highest BCUT2D eigenvalue weighted by Gasteiger charge is 2.30. The molecule has 2 fully saturated rings. The van der Waals surface area contributed by atoms with E-state index in [9.17, 15) is 9.59 Å². The van der Waals surface area contributed by atoms with Crippen molar-refractivity contribution in [2.45, 2.75) is 38.9 Å². The molecule has 0 unspecified atom stereocenters. The van der Waals surface area contributed by atoms with Gasteiger partial charge in [0.1, 0.15) is 0 Å². The van der Waals surface area contributed by atoms with Crippen LogP contribution in [0.1, 0.15) is 26.7 Å². The van der Waals surface area contributed by atoms with Crippen molar-refractivity contribution in [3.8, 4) is 0 Å². The second kappa shape index (κ2) is 8.67. The number of carbonyl (C=O) groups excluding carboxylic acids is 2. The molecule has 8 heteroatoms. The summed E-state index contributed by atoms with van der Waals surface area (Å²) in [5.74, 6) is -0.677. The lowest BCUT2D eigenvalue weighted by atomic mass is 9.99. The van der Waals surface area contributed by atoms with Gasteiger partial charge in [0.15, 0.2) is 11.7 Å². The summed E-state index contributed by atoms with van der Waals surface area (Å²) < 4.78 is 12.2. The SMILES string of the molecule is C[C@@H]1CN(C(=O)COC(=O)[C@H]2CCCN(c3nc4ccccc4s3)C2)C[C@H](C)O1. The van der Waals surface area contributed by atoms with Gasteiger partial charge in [-0.1, -0.05) is 23.5 Å². The maximum atomic E-state index is 12.6. The Balaban J connectivity index is 1.32. The summed E-state index contributed by atoms with van der Waals surface area (Å²) in [5, 5.41) is 0.941. The molecular weight excluding hydrogens is 390 g/mol. The lowest BCUT2D eigenvalue weighted by Crippen LogP contribution is -2.49. The number of carbonyl (C=O) groups is 2. The average molecular weight is 418 g/mol. The van der Waals surface area contributed by atoms with Gasteiger partial charge in [0, 0.05) is 26.2 Å². The van der Waals surface area contributed by atoms with Crippen molar-refractivity contribution in [1.82, 2.24) is 9.88 Å². The van der Waals surface area contributed by atoms with Gasteiger partial charge in [-0.3, -0.25) is 9.59 Å². The number of esters is 1. The number of fused-ring (bicyclic) bond motifs is 1. The van der Waals surface area contributed by atoms with Gasteiger partial charge in [-0.15, -0.1) is 0 Å². The molecule has 0 aliphatic carbocycles. The fourth-order valence-corrected chi connectivity index (χ4v) is 5.06. The molecular formula is C21H27N3O4S. The average Bonchev–Trinajstić information content (AvgIpc) is 3.15. The molecule has 2 aromatic rings. The first-order valence-electron chi connectivity index (χ1n) is 10.2. The molecule has 0 bridgehead atoms. The van der Waals surface area contributed by atoms with Crippen LogP contribution < -0.4 is 4.90 Å². The molecule has 0 radical (unpaired) electrons. The Morgan fingerprint density at radius 3 is 2.72 bits per heavy atom. The van der Waals surface area contributed by atoms with E-state index in [-0.39, 0.29) is 36.6 Å². The number of benzene rings is 1. The summed E-state index contributed by atoms with van der Waals surface area (Å²) in [6, 6.07) is 8.05. The van der Waals surface area contributed by atoms with Crippen LogP contribution in [0, 0.1) is 5.92 Å². The van der Waals surface area contributed by atoms with E-state index in [4.69, 9.17) is 14.5 Å². The third-order valence-corrected chi connectivity index (χ3v) is 6.52. The van der Waals surface area contributed by atoms with Gasteiger partial charge < -0.3 is 19.3 Å². The number of ether oxygens (including phenoxy) is 2. The molecule has 3 heterocycles. The van der Waals surface area contributed by atoms with Crippen molar-refractivity contribution in [1.29, 1.82) is 0 Å². The number of nitrogens with zero attached hydrogens (tertiary/aromatic N) is 3. The van der Waals surface area contributed by atoms with Gasteiger partial charge in [-0.2, -0.15) is 0 Å². The number of hydrogen-bond acceptors (Lipinski definition) is 7. The second-order valence-corrected chi connectivity index (χ2v) is 8.92. The highest BCUT2D eigenvalue weighted by Crippen LogP contribution is 2.31. The third kappa shape index (κ3) is 4.70. The predicted octanol–water partition coefficient (Wildman–Crippen LogP) is 2.69. The van der Waals surface area contributed by atoms with Crippen LogP contribution in [-0.2, 0) is 19.1 Å². The molecule has 0 N–H and O–H groups in total. The van der Waals surface area contributed by atoms with E-state index in [1.54, 1.807) is 16.2 Å². The van der Waals surface area contributed by atoms with Crippen molar-refractivity contribution in [3.63, 3.8) is 0 Å². The first kappa shape index (κ1) is 20.1. The highest BCUT2D eigenvalue weighted by molar-refractivity contribution is 7.22. The topological polar surface area (TPSA) is 72.0 Å². The molecule has 2 aliphatic rings. The number of hydrogen-bond donors (Lipinski definition) is 0. The molecule has 7 nitrogen and oxygen atoms in total. The van der Waals surface area contributed by atoms with Crippen molar-refractivity contribution < 1.29 is 19.1 Å². The van der Waals surface area contributed by atoms with Crippen LogP contribution in [0.5, 0.6) is 0 Å². The predicted molar refractivity (Wildman–Crippen MR) is 112 cm³/mol. The van der Waals surface area contributed by atoms with Gasteiger partial charge in [-0.25, -0.2) is 4.98 Å². The summed E-state index contributed by atoms with van der Waals surface area (Å²) >= 11 is 1.65. The Hall–Kier alpha value is -2.19. The number of morpholine rings is 1. The summed E-state index contributed by atoms with van der Waals surface area (Å²) in [6.45, 7) is 6.23. The Bertz CT molecular complexity index is 843. The Labute approximate surface area is 174 Å². The standard InChI is InChI=1S/C21H27N3O4S/c1-14-10-24(11-15(2)28-14)19(25)13-27-20(26)16-6-5-9-23(12-16)21-22-17-7-3-4-8-18(17)29-21/h3-4,7-8,14-16H,5-6,9-13H2,1-2H3/t14-,15+,16-/m0/s1. The zero-order valence-corrected chi connectivity index (χ0v) is 17.7. The highest BCUT2D eigenvalue weighted by atomic mass is 32.1. The van der Waals surface area contributed by atoms with E-state index in [0.717, 1.165) is 34.7 Å². The zero-order valence-electron chi connectivity index (χ0n) is 16.9. The van der Waals surface area contributed by atoms with Gasteiger partial charge >= 0.3 is 5.97 Å². The minimum Gasteiger partial charge on any atom is -0.455 e. The molecule has 2 aliphatic heterocycles. The normalized spacial score (nSPS) is 25.2. The number of anilines is 1. The number of piperidine rings is 1. The molecule has 29 heavy (non-hydrogen) atoms. The summed E-state index contributed by atoms with van der Waals surface area (Å²) in [5.41, 5.74) is 0.983. The number of aromatic nitrogens is 1. The van der Waals surface area contributed by atoms with Gasteiger partial charge in [0.05, 0.1) is 28.3 Å². The van der Waals surface area contributed by atoms with Crippen molar-refractivity contribution in [2.24, 2.45) is 5.92 Å². The van der Waals surface area contributed by atoms with Crippen LogP contribution >= 0.6 is 11.3 Å². The molecule has 4 rings (SSSR count). The van der Waals surface area contributed by atoms with Crippen molar-refractivity contribution >= 4 is 38.6 Å². The fraction of sp³-hybridized carbons (Fsp3) is 0.571. The van der Waals surface area contributed by atoms with Crippen LogP contribution in [0.25, 0.3) is 10.2 Å². The van der Waals surface area contributed by atoms with E-state index in [2.05, 4.69) is 11.0 Å². The summed E-state index contributed by atoms with van der Waals surface area (Å²) in [6.07, 6.45) is 1.68. The molecule has 1 amide bonds. The fourth-order valence-electron chi connectivity index (χ4n) is 4.06. The second-order valence-electron chi connectivity index (χ2n) is 7.91. The molecule has 1 aromatic carbocycles. The third-order valence-electron chi connectivity index (χ3n) is 5.42. The zero-order chi connectivity index (χ0) is 20.4. The van der Waals surface area contributed by atoms with Crippen LogP contribution in [0.4, 0.5) is 5.13 Å². The number of thiazole rings is 1. The van der Waals surface area contributed by atoms with E-state index in [1.807, 2.05) is 32.0 Å². The monoisotopic (exact) mass is 417 g/mol. The molecule has 156 valence electrons. The Morgan fingerprint density at radius 1 is 1.21 bits per heavy atom. The smallest absolute Gasteiger partial charge is 0.311 e. The number of amides is 1. The molecule has 1 aromatic heterocycles. The molecule has 3 atom stereocenters. The quantitative estimate of drug-likeness (QED) is 0.713. The van der Waals surface area contributed by atoms with E-state index in [0.29, 0.717) is 19.6 Å². The maximum Gasteiger partial charge on any atom is 0.311 e. The van der Waals surface area contributed by atoms with Crippen LogP contribution in [0.2, 0.25) is 0 Å². The van der Waals surface area contributed by atoms with Gasteiger partial charge in [0.2, 0.25) is 0 Å². The van der Waals surface area contributed by atoms with Crippen LogP contribution in [0.3, 0.4) is 0 Å². The van der Waals surface area contributed by atoms with E-state index in [1.165, 1.54) is 0 Å². The Morgan fingerprint density at radius 2 is 1.97 bits per heavy atom. The lowest BCUT2D eigenvalue weighted by Gasteiger charge is -2.35. The largest absolute Gasteiger partial charge is 0.455 e. The number of para-hydroxylation sites is 1. The summed E-state index contributed by atoms with van der Waals surface area (Å²) in [4.78, 5) is 33.6. The van der Waals surface area contributed by atoms with Crippen LogP contribution in [0.15, 0.2) is 24.3 Å². The van der Waals surface area contributed by atoms with Crippen molar-refractivity contribution in [2.75, 3.05) is 37.7 Å². The molecule has 2 saturated heterocycles. The van der Waals surface area contributed by atoms with Gasteiger partial charge in [0.25, 0.3) is 5.91 Å². The summed E-state index contributed by atoms with van der Waals surface area (Å²) in [7, 11) is 0. The lowest BCUT2D eigenvalue weighted by molar-refractivity contribution is -0.159. The Kier molecular flexibility index (Phi) is 6.01. The van der Waals surface area contributed by atoms with E-state index < -0.39 is 0 Å². The van der Waals surface area contributed by atoms with E-state index >= 15 is 0 Å². The first-order valence-corrected chi connectivity index (χ1v) is 11.0. The van der Waals surface area contributed by atoms with Gasteiger partial charge in [-0.05, 0) is 38.8 Å². The first-order chi connectivity index (χ1) is 14.0. The minimum atomic E-state index is -0.293. The van der Waals surface area contributed by atoms with Crippen molar-refractivity contribution in [3.05, 3.63) is 24.3 Å². The molecule has 0 spiro atoms. The molecule has 0 saturated carbocycles. The van der Waals surface area contributed by atoms with Crippen LogP contribution in [-0.4, -0.2) is 66.8 Å². The minimum absolute atomic E-state index is 0.000821. The number of rotatable bonds is 4. The maximum absolute atomic E-state index is 12.6.